The van der Waals surface area contributed by atoms with Crippen molar-refractivity contribution in [1.82, 2.24) is 22.8 Å². The van der Waals surface area contributed by atoms with Gasteiger partial charge in [0.2, 0.25) is 0 Å². The van der Waals surface area contributed by atoms with Crippen LogP contribution < -0.4 is 28.6 Å². The van der Waals surface area contributed by atoms with Gasteiger partial charge in [-0.15, -0.1) is 0 Å². The number of hydrogen-bond donors (Lipinski definition) is 0. The quantitative estimate of drug-likeness (QED) is 0.107. The van der Waals surface area contributed by atoms with Gasteiger partial charge in [-0.1, -0.05) is 119 Å². The lowest BCUT2D eigenvalue weighted by atomic mass is 9.97. The Labute approximate surface area is 802 Å². The molecular formula is C122H99N11O5. The molecule has 5 aromatic heterocycles. The third kappa shape index (κ3) is 17.0. The van der Waals surface area contributed by atoms with Gasteiger partial charge in [-0.25, -0.2) is 0 Å². The average Bonchev–Trinajstić information content (AvgIpc) is 1.59. The van der Waals surface area contributed by atoms with Gasteiger partial charge < -0.3 is 51.4 Å². The summed E-state index contributed by atoms with van der Waals surface area (Å²) in [6.45, 7) is 16.7. The van der Waals surface area contributed by atoms with Crippen molar-refractivity contribution in [3.63, 3.8) is 0 Å². The maximum atomic E-state index is 9.62. The molecule has 0 bridgehead atoms. The van der Waals surface area contributed by atoms with Crippen LogP contribution in [0.3, 0.4) is 0 Å². The van der Waals surface area contributed by atoms with Crippen LogP contribution in [0.25, 0.3) is 160 Å². The summed E-state index contributed by atoms with van der Waals surface area (Å²) in [5.41, 5.74) is 34.6. The Morgan fingerprint density at radius 1 is 0.217 bits per heavy atom. The molecule has 0 radical (unpaired) electrons. The standard InChI is InChI=1S/C28H22N2O.C27H20N2O.C23H21N3O.2C22H18N2O/c1-18-9-11-26-24(13-18)25-16-22(31-3)10-12-27(25)30(26)28-19(2)14-20(17-29)15-23(28)21-7-5-4-6-8-21;1-18-8-11-26-23(14-18)24-16-21(30-2)10-13-27(24)29(26)25-12-9-19(17-28)15-22(25)20-6-4-3-5-7-20;1-15-5-8-20-18(11-15)19-13-17(27-4)7-10-21(19)26(20)22-9-6-16(14-24)12-23(22)25(2)3;2*1-14-4-7-21-18(10-14)19-12-17(25-3)6-9-22(19)24(21)20-8-5-16(13-23)11-15(20)2/h4-16H,1-3H3;3-16H,1-2H3;5-13H,1-4H3;2*4-12H,1-3H3. The minimum Gasteiger partial charge on any atom is -0.497 e. The third-order valence-corrected chi connectivity index (χ3v) is 25.8. The van der Waals surface area contributed by atoms with Gasteiger partial charge in [0.15, 0.2) is 0 Å². The van der Waals surface area contributed by atoms with E-state index >= 15 is 0 Å². The summed E-state index contributed by atoms with van der Waals surface area (Å²) in [6, 6.07) is 123. The molecule has 0 N–H and O–H groups in total. The minimum atomic E-state index is 0.649. The van der Waals surface area contributed by atoms with Gasteiger partial charge in [0.1, 0.15) is 28.7 Å². The van der Waals surface area contributed by atoms with Crippen LogP contribution in [0, 0.1) is 112 Å². The molecule has 672 valence electrons. The number of anilines is 1. The van der Waals surface area contributed by atoms with Crippen LogP contribution in [-0.4, -0.2) is 72.5 Å². The van der Waals surface area contributed by atoms with E-state index in [9.17, 15) is 15.8 Å². The zero-order valence-corrected chi connectivity index (χ0v) is 79.6. The smallest absolute Gasteiger partial charge is 0.119 e. The van der Waals surface area contributed by atoms with Crippen molar-refractivity contribution in [1.29, 1.82) is 26.3 Å². The van der Waals surface area contributed by atoms with E-state index < -0.39 is 0 Å². The number of aromatic nitrogens is 5. The molecule has 0 amide bonds. The summed E-state index contributed by atoms with van der Waals surface area (Å²) in [4.78, 5) is 2.05. The summed E-state index contributed by atoms with van der Waals surface area (Å²) in [7, 11) is 12.5. The van der Waals surface area contributed by atoms with Gasteiger partial charge in [0.05, 0.1) is 172 Å². The normalized spacial score (nSPS) is 11.0. The fourth-order valence-electron chi connectivity index (χ4n) is 19.2. The number of benzene rings is 17. The van der Waals surface area contributed by atoms with E-state index in [4.69, 9.17) is 34.2 Å². The van der Waals surface area contributed by atoms with Gasteiger partial charge >= 0.3 is 0 Å². The number of rotatable bonds is 13. The first kappa shape index (κ1) is 90.5. The fraction of sp³-hybridized carbons (Fsp3) is 0.123. The SMILES string of the molecule is COc1ccc2c(c1)c1cc(C)ccc1n2-c1c(C)cc(C#N)cc1-c1ccccc1.COc1ccc2c(c1)c1cc(C)ccc1n2-c1ccc(C#N)cc1-c1ccccc1.COc1ccc2c(c1)c1cc(C)ccc1n2-c1ccc(C#N)cc1C.COc1ccc2c(c1)c1cc(C)ccc1n2-c1ccc(C#N)cc1C.COc1ccc2c(c1)c1cc(C)ccc1n2-c1ccc(C#N)cc1N(C)C. The molecule has 0 saturated carbocycles. The van der Waals surface area contributed by atoms with E-state index in [1.54, 1.807) is 35.5 Å². The Bertz CT molecular complexity index is 8650. The first-order chi connectivity index (χ1) is 67.1. The minimum absolute atomic E-state index is 0.649. The van der Waals surface area contributed by atoms with Gasteiger partial charge in [0.25, 0.3) is 0 Å². The van der Waals surface area contributed by atoms with Crippen LogP contribution in [-0.2, 0) is 0 Å². The molecule has 22 aromatic rings. The highest BCUT2D eigenvalue weighted by atomic mass is 16.5. The third-order valence-electron chi connectivity index (χ3n) is 25.8. The maximum absolute atomic E-state index is 9.62. The van der Waals surface area contributed by atoms with Crippen LogP contribution in [0.5, 0.6) is 28.7 Å². The molecule has 0 saturated heterocycles. The van der Waals surface area contributed by atoms with Gasteiger partial charge in [-0.3, -0.25) is 0 Å². The molecule has 0 atom stereocenters. The van der Waals surface area contributed by atoms with Crippen molar-refractivity contribution >= 4 is 115 Å². The van der Waals surface area contributed by atoms with Crippen LogP contribution in [0.4, 0.5) is 5.69 Å². The molecule has 0 spiro atoms. The van der Waals surface area contributed by atoms with E-state index in [0.29, 0.717) is 27.8 Å². The number of methoxy groups -OCH3 is 5. The molecule has 0 unspecified atom stereocenters. The second-order valence-corrected chi connectivity index (χ2v) is 35.0. The molecule has 17 aromatic carbocycles. The molecule has 22 rings (SSSR count). The summed E-state index contributed by atoms with van der Waals surface area (Å²) < 4.78 is 38.7. The van der Waals surface area contributed by atoms with Gasteiger partial charge in [-0.05, 0) is 320 Å². The average molecular weight is 1800 g/mol. The fourth-order valence-corrected chi connectivity index (χ4v) is 19.2. The Balaban J connectivity index is 0.000000115. The Hall–Kier alpha value is -18.0. The summed E-state index contributed by atoms with van der Waals surface area (Å²) in [5, 5.41) is 58.5. The van der Waals surface area contributed by atoms with Crippen LogP contribution >= 0.6 is 0 Å². The molecule has 0 aliphatic carbocycles. The first-order valence-corrected chi connectivity index (χ1v) is 45.5. The Kier molecular flexibility index (Phi) is 25.1. The first-order valence-electron chi connectivity index (χ1n) is 45.5. The van der Waals surface area contributed by atoms with E-state index in [0.717, 1.165) is 173 Å². The molecular weight excluding hydrogens is 1700 g/mol. The van der Waals surface area contributed by atoms with Crippen molar-refractivity contribution in [2.45, 2.75) is 55.4 Å². The van der Waals surface area contributed by atoms with Crippen molar-refractivity contribution in [2.24, 2.45) is 0 Å². The Morgan fingerprint density at radius 2 is 0.464 bits per heavy atom. The second-order valence-electron chi connectivity index (χ2n) is 35.0. The molecule has 5 heterocycles. The number of fused-ring (bicyclic) bond motifs is 15. The molecule has 16 heteroatoms. The summed E-state index contributed by atoms with van der Waals surface area (Å²) in [6.07, 6.45) is 0. The molecule has 0 aliphatic rings. The largest absolute Gasteiger partial charge is 0.497 e. The summed E-state index contributed by atoms with van der Waals surface area (Å²) >= 11 is 0. The highest BCUT2D eigenvalue weighted by Gasteiger charge is 2.25. The topological polar surface area (TPSA) is 193 Å². The van der Waals surface area contributed by atoms with E-state index in [-0.39, 0.29) is 0 Å². The van der Waals surface area contributed by atoms with Gasteiger partial charge in [0, 0.05) is 90.5 Å². The lowest BCUT2D eigenvalue weighted by Gasteiger charge is -2.20. The highest BCUT2D eigenvalue weighted by Crippen LogP contribution is 2.45. The molecule has 16 nitrogen and oxygen atoms in total. The van der Waals surface area contributed by atoms with E-state index in [2.05, 4.69) is 271 Å². The number of aryl methyl sites for hydroxylation is 8. The number of nitriles is 5. The lowest BCUT2D eigenvalue weighted by molar-refractivity contribution is 0.415. The number of hydrogen-bond acceptors (Lipinski definition) is 11. The monoisotopic (exact) mass is 1800 g/mol. The highest BCUT2D eigenvalue weighted by molar-refractivity contribution is 6.15. The Morgan fingerprint density at radius 3 is 0.768 bits per heavy atom. The van der Waals surface area contributed by atoms with Crippen molar-refractivity contribution in [3.05, 3.63) is 400 Å². The van der Waals surface area contributed by atoms with Crippen molar-refractivity contribution in [2.75, 3.05) is 54.5 Å². The zero-order chi connectivity index (χ0) is 96.4. The predicted molar refractivity (Wildman–Crippen MR) is 563 cm³/mol. The lowest BCUT2D eigenvalue weighted by Crippen LogP contribution is -2.12. The van der Waals surface area contributed by atoms with Crippen molar-refractivity contribution < 1.29 is 23.7 Å². The van der Waals surface area contributed by atoms with Crippen LogP contribution in [0.2, 0.25) is 0 Å². The molecule has 138 heavy (non-hydrogen) atoms. The van der Waals surface area contributed by atoms with Crippen LogP contribution in [0.15, 0.2) is 328 Å². The van der Waals surface area contributed by atoms with Crippen molar-refractivity contribution in [3.8, 4) is 110 Å². The predicted octanol–water partition coefficient (Wildman–Crippen LogP) is 29.2. The number of ether oxygens (including phenoxy) is 5. The second kappa shape index (κ2) is 38.3. The maximum Gasteiger partial charge on any atom is 0.119 e. The number of nitrogens with zero attached hydrogens (tertiary/aromatic N) is 11. The summed E-state index contributed by atoms with van der Waals surface area (Å²) in [5.74, 6) is 4.23. The van der Waals surface area contributed by atoms with E-state index in [1.165, 1.54) is 65.5 Å². The van der Waals surface area contributed by atoms with E-state index in [1.807, 2.05) is 185 Å². The molecule has 0 aliphatic heterocycles. The molecule has 0 fully saturated rings. The van der Waals surface area contributed by atoms with Crippen LogP contribution in [0.1, 0.15) is 72.3 Å². The van der Waals surface area contributed by atoms with Gasteiger partial charge in [-0.2, -0.15) is 26.3 Å². The zero-order valence-electron chi connectivity index (χ0n) is 79.6.